The molecule has 0 fully saturated rings. The number of nitrogens with two attached hydrogens (primary N) is 1. The predicted octanol–water partition coefficient (Wildman–Crippen LogP) is 3.37. The molecule has 1 aromatic carbocycles. The van der Waals surface area contributed by atoms with E-state index < -0.39 is 11.7 Å². The van der Waals surface area contributed by atoms with Crippen molar-refractivity contribution in [2.75, 3.05) is 16.8 Å². The maximum atomic E-state index is 12.6. The van der Waals surface area contributed by atoms with Gasteiger partial charge < -0.3 is 11.1 Å². The minimum absolute atomic E-state index is 0.0934. The third-order valence-corrected chi connectivity index (χ3v) is 3.29. The molecule has 0 aromatic heterocycles. The molecule has 19 heavy (non-hydrogen) atoms. The van der Waals surface area contributed by atoms with Gasteiger partial charge in [0, 0.05) is 11.4 Å². The summed E-state index contributed by atoms with van der Waals surface area (Å²) in [7, 11) is 0. The largest absolute Gasteiger partial charge is 0.418 e. The molecule has 0 atom stereocenters. The Kier molecular flexibility index (Phi) is 5.11. The number of carbonyl (C=O) groups is 1. The lowest BCUT2D eigenvalue weighted by atomic mass is 10.1. The number of amides is 1. The fourth-order valence-electron chi connectivity index (χ4n) is 1.32. The van der Waals surface area contributed by atoms with E-state index in [1.54, 1.807) is 0 Å². The van der Waals surface area contributed by atoms with Crippen LogP contribution in [0.5, 0.6) is 0 Å². The first-order chi connectivity index (χ1) is 8.70. The number of nitrogens with one attached hydrogen (secondary N) is 1. The Hall–Kier alpha value is -1.37. The van der Waals surface area contributed by atoms with Gasteiger partial charge in [-0.05, 0) is 23.4 Å². The number of rotatable bonds is 4. The SMILES string of the molecule is CC(C)SCC(=O)Nc1ccc(N)c(C(F)(F)F)c1. The Labute approximate surface area is 113 Å². The topological polar surface area (TPSA) is 55.1 Å². The van der Waals surface area contributed by atoms with E-state index in [1.165, 1.54) is 17.8 Å². The summed E-state index contributed by atoms with van der Waals surface area (Å²) in [6.45, 7) is 3.87. The second-order valence-electron chi connectivity index (χ2n) is 4.21. The summed E-state index contributed by atoms with van der Waals surface area (Å²) in [6, 6.07) is 3.32. The third kappa shape index (κ3) is 5.02. The lowest BCUT2D eigenvalue weighted by Crippen LogP contribution is -2.16. The minimum Gasteiger partial charge on any atom is -0.398 e. The van der Waals surface area contributed by atoms with E-state index in [0.29, 0.717) is 0 Å². The molecule has 0 spiro atoms. The van der Waals surface area contributed by atoms with Crippen LogP contribution in [-0.4, -0.2) is 16.9 Å². The van der Waals surface area contributed by atoms with Crippen molar-refractivity contribution in [3.8, 4) is 0 Å². The molecule has 3 N–H and O–H groups in total. The lowest BCUT2D eigenvalue weighted by Gasteiger charge is -2.12. The van der Waals surface area contributed by atoms with Crippen LogP contribution in [0.25, 0.3) is 0 Å². The monoisotopic (exact) mass is 292 g/mol. The average molecular weight is 292 g/mol. The Morgan fingerprint density at radius 3 is 2.58 bits per heavy atom. The van der Waals surface area contributed by atoms with Gasteiger partial charge in [-0.2, -0.15) is 13.2 Å². The van der Waals surface area contributed by atoms with Crippen molar-refractivity contribution in [2.24, 2.45) is 0 Å². The van der Waals surface area contributed by atoms with Crippen molar-refractivity contribution in [3.63, 3.8) is 0 Å². The number of anilines is 2. The van der Waals surface area contributed by atoms with Crippen molar-refractivity contribution in [1.82, 2.24) is 0 Å². The van der Waals surface area contributed by atoms with Crippen LogP contribution >= 0.6 is 11.8 Å². The van der Waals surface area contributed by atoms with Crippen LogP contribution in [0.15, 0.2) is 18.2 Å². The standard InChI is InChI=1S/C12H15F3N2OS/c1-7(2)19-6-11(18)17-8-3-4-10(16)9(5-8)12(13,14)15/h3-5,7H,6,16H2,1-2H3,(H,17,18). The zero-order chi connectivity index (χ0) is 14.6. The molecule has 1 amide bonds. The Morgan fingerprint density at radius 1 is 1.42 bits per heavy atom. The first-order valence-corrected chi connectivity index (χ1v) is 6.63. The van der Waals surface area contributed by atoms with E-state index in [9.17, 15) is 18.0 Å². The van der Waals surface area contributed by atoms with Gasteiger partial charge in [0.15, 0.2) is 0 Å². The van der Waals surface area contributed by atoms with Crippen LogP contribution in [-0.2, 0) is 11.0 Å². The van der Waals surface area contributed by atoms with Crippen molar-refractivity contribution >= 4 is 29.0 Å². The molecule has 0 saturated carbocycles. The summed E-state index contributed by atoms with van der Waals surface area (Å²) in [5.74, 6) is -0.139. The van der Waals surface area contributed by atoms with Crippen LogP contribution in [0.4, 0.5) is 24.5 Å². The zero-order valence-corrected chi connectivity index (χ0v) is 11.4. The van der Waals surface area contributed by atoms with E-state index in [0.717, 1.165) is 12.1 Å². The molecule has 0 radical (unpaired) electrons. The van der Waals surface area contributed by atoms with Gasteiger partial charge in [0.2, 0.25) is 5.91 Å². The molecule has 0 bridgehead atoms. The quantitative estimate of drug-likeness (QED) is 0.837. The number of benzene rings is 1. The van der Waals surface area contributed by atoms with Gasteiger partial charge in [0.05, 0.1) is 11.3 Å². The highest BCUT2D eigenvalue weighted by Crippen LogP contribution is 2.35. The van der Waals surface area contributed by atoms with Crippen LogP contribution in [0.1, 0.15) is 19.4 Å². The maximum Gasteiger partial charge on any atom is 0.418 e. The Bertz CT molecular complexity index is 461. The molecule has 0 aliphatic heterocycles. The second kappa shape index (κ2) is 6.18. The highest BCUT2D eigenvalue weighted by Gasteiger charge is 2.33. The van der Waals surface area contributed by atoms with Crippen molar-refractivity contribution in [3.05, 3.63) is 23.8 Å². The number of nitrogen functional groups attached to an aromatic ring is 1. The summed E-state index contributed by atoms with van der Waals surface area (Å²) >= 11 is 1.41. The molecular weight excluding hydrogens is 277 g/mol. The minimum atomic E-state index is -4.53. The molecule has 1 rings (SSSR count). The van der Waals surface area contributed by atoms with Gasteiger partial charge >= 0.3 is 6.18 Å². The van der Waals surface area contributed by atoms with E-state index in [-0.39, 0.29) is 28.3 Å². The van der Waals surface area contributed by atoms with Crippen molar-refractivity contribution < 1.29 is 18.0 Å². The zero-order valence-electron chi connectivity index (χ0n) is 10.5. The molecule has 0 saturated heterocycles. The van der Waals surface area contributed by atoms with Crippen molar-refractivity contribution in [2.45, 2.75) is 25.3 Å². The predicted molar refractivity (Wildman–Crippen MR) is 72.1 cm³/mol. The molecule has 3 nitrogen and oxygen atoms in total. The summed E-state index contributed by atoms with van der Waals surface area (Å²) in [5, 5.41) is 2.70. The molecule has 1 aromatic rings. The smallest absolute Gasteiger partial charge is 0.398 e. The molecule has 0 heterocycles. The van der Waals surface area contributed by atoms with Crippen LogP contribution < -0.4 is 11.1 Å². The first-order valence-electron chi connectivity index (χ1n) is 5.58. The average Bonchev–Trinajstić information content (AvgIpc) is 2.27. The number of hydrogen-bond donors (Lipinski definition) is 2. The van der Waals surface area contributed by atoms with E-state index in [4.69, 9.17) is 5.73 Å². The van der Waals surface area contributed by atoms with Crippen molar-refractivity contribution in [1.29, 1.82) is 0 Å². The molecule has 106 valence electrons. The van der Waals surface area contributed by atoms with E-state index in [1.807, 2.05) is 13.8 Å². The number of alkyl halides is 3. The van der Waals surface area contributed by atoms with Gasteiger partial charge in [-0.15, -0.1) is 11.8 Å². The van der Waals surface area contributed by atoms with Gasteiger partial charge in [-0.25, -0.2) is 0 Å². The number of thioether (sulfide) groups is 1. The van der Waals surface area contributed by atoms with Crippen LogP contribution in [0, 0.1) is 0 Å². The third-order valence-electron chi connectivity index (χ3n) is 2.19. The molecule has 0 aliphatic carbocycles. The molecule has 0 unspecified atom stereocenters. The molecule has 7 heteroatoms. The molecular formula is C12H15F3N2OS. The normalized spacial score (nSPS) is 11.7. The lowest BCUT2D eigenvalue weighted by molar-refractivity contribution is -0.136. The van der Waals surface area contributed by atoms with Gasteiger partial charge in [-0.3, -0.25) is 4.79 Å². The van der Waals surface area contributed by atoms with Crippen LogP contribution in [0.3, 0.4) is 0 Å². The maximum absolute atomic E-state index is 12.6. The fraction of sp³-hybridized carbons (Fsp3) is 0.417. The number of carbonyl (C=O) groups excluding carboxylic acids is 1. The highest BCUT2D eigenvalue weighted by molar-refractivity contribution is 8.00. The summed E-state index contributed by atoms with van der Waals surface area (Å²) in [6.07, 6.45) is -4.53. The Morgan fingerprint density at radius 2 is 2.05 bits per heavy atom. The fourth-order valence-corrected chi connectivity index (χ4v) is 1.88. The number of halogens is 3. The summed E-state index contributed by atoms with van der Waals surface area (Å²) in [5.41, 5.74) is 4.06. The highest BCUT2D eigenvalue weighted by atomic mass is 32.2. The van der Waals surface area contributed by atoms with E-state index in [2.05, 4.69) is 5.32 Å². The van der Waals surface area contributed by atoms with Gasteiger partial charge in [0.1, 0.15) is 0 Å². The van der Waals surface area contributed by atoms with Gasteiger partial charge in [-0.1, -0.05) is 13.8 Å². The number of hydrogen-bond acceptors (Lipinski definition) is 3. The molecule has 0 aliphatic rings. The van der Waals surface area contributed by atoms with Gasteiger partial charge in [0.25, 0.3) is 0 Å². The summed E-state index contributed by atoms with van der Waals surface area (Å²) < 4.78 is 37.9. The van der Waals surface area contributed by atoms with E-state index >= 15 is 0 Å². The second-order valence-corrected chi connectivity index (χ2v) is 5.77. The Balaban J connectivity index is 2.78. The summed E-state index contributed by atoms with van der Waals surface area (Å²) in [4.78, 5) is 11.5. The first kappa shape index (κ1) is 15.7. The van der Waals surface area contributed by atoms with Crippen LogP contribution in [0.2, 0.25) is 0 Å².